The number of hydrogen-bond acceptors (Lipinski definition) is 3. The first-order chi connectivity index (χ1) is 9.65. The van der Waals surface area contributed by atoms with Crippen LogP contribution in [0.4, 0.5) is 0 Å². The van der Waals surface area contributed by atoms with Gasteiger partial charge in [-0.05, 0) is 18.4 Å². The molecule has 0 saturated carbocycles. The van der Waals surface area contributed by atoms with Crippen LogP contribution >= 0.6 is 0 Å². The molecule has 2 rings (SSSR count). The second-order valence-corrected chi connectivity index (χ2v) is 5.07. The highest BCUT2D eigenvalue weighted by Crippen LogP contribution is 2.09. The molecule has 1 aromatic rings. The first kappa shape index (κ1) is 14.5. The van der Waals surface area contributed by atoms with Gasteiger partial charge in [0.15, 0.2) is 0 Å². The van der Waals surface area contributed by atoms with E-state index in [-0.39, 0.29) is 24.8 Å². The molecule has 0 aliphatic carbocycles. The van der Waals surface area contributed by atoms with Crippen molar-refractivity contribution >= 4 is 11.8 Å². The minimum absolute atomic E-state index is 0.00160. The molecule has 0 aromatic heterocycles. The van der Waals surface area contributed by atoms with Gasteiger partial charge >= 0.3 is 0 Å². The molecule has 2 N–H and O–H groups in total. The van der Waals surface area contributed by atoms with Gasteiger partial charge in [-0.1, -0.05) is 30.3 Å². The minimum atomic E-state index is -0.437. The average molecular weight is 276 g/mol. The maximum atomic E-state index is 11.9. The normalized spacial score (nSPS) is 18.6. The Hall–Kier alpha value is -1.88. The van der Waals surface area contributed by atoms with Gasteiger partial charge in [0.1, 0.15) is 0 Å². The number of aliphatic hydroxyl groups excluding tert-OH is 1. The van der Waals surface area contributed by atoms with Crippen molar-refractivity contribution < 1.29 is 14.7 Å². The number of β-amino-alcohol motifs (C(OH)–C–C–N with tert-alkyl or cyclic N) is 1. The Morgan fingerprint density at radius 1 is 1.30 bits per heavy atom. The number of nitrogens with one attached hydrogen (secondary N) is 1. The van der Waals surface area contributed by atoms with Gasteiger partial charge in [-0.2, -0.15) is 0 Å². The maximum Gasteiger partial charge on any atom is 0.242 e. The second-order valence-electron chi connectivity index (χ2n) is 5.07. The third-order valence-corrected chi connectivity index (χ3v) is 3.39. The number of likely N-dealkylation sites (tertiary alicyclic amines) is 1. The van der Waals surface area contributed by atoms with Crippen molar-refractivity contribution in [2.45, 2.75) is 25.4 Å². The molecular weight excluding hydrogens is 256 g/mol. The molecule has 5 nitrogen and oxygen atoms in total. The van der Waals surface area contributed by atoms with Crippen molar-refractivity contribution in [2.24, 2.45) is 0 Å². The Morgan fingerprint density at radius 3 is 2.75 bits per heavy atom. The SMILES string of the molecule is O=C(Cc1ccccc1)NCC(=O)N1CCCC(O)C1. The van der Waals surface area contributed by atoms with Gasteiger partial charge in [0.05, 0.1) is 19.1 Å². The first-order valence-corrected chi connectivity index (χ1v) is 6.91. The predicted octanol–water partition coefficient (Wildman–Crippen LogP) is 0.329. The Labute approximate surface area is 118 Å². The van der Waals surface area contributed by atoms with E-state index in [9.17, 15) is 14.7 Å². The van der Waals surface area contributed by atoms with Crippen LogP contribution in [-0.4, -0.2) is 47.6 Å². The highest BCUT2D eigenvalue weighted by molar-refractivity contribution is 5.85. The summed E-state index contributed by atoms with van der Waals surface area (Å²) in [6, 6.07) is 9.41. The zero-order valence-electron chi connectivity index (χ0n) is 11.4. The molecule has 1 aliphatic rings. The molecule has 5 heteroatoms. The molecule has 0 radical (unpaired) electrons. The van der Waals surface area contributed by atoms with Crippen molar-refractivity contribution in [2.75, 3.05) is 19.6 Å². The standard InChI is InChI=1S/C15H20N2O3/c18-13-7-4-8-17(11-13)15(20)10-16-14(19)9-12-5-2-1-3-6-12/h1-3,5-6,13,18H,4,7-11H2,(H,16,19). The highest BCUT2D eigenvalue weighted by Gasteiger charge is 2.21. The van der Waals surface area contributed by atoms with E-state index >= 15 is 0 Å². The zero-order valence-corrected chi connectivity index (χ0v) is 11.4. The van der Waals surface area contributed by atoms with Crippen molar-refractivity contribution in [1.82, 2.24) is 10.2 Å². The lowest BCUT2D eigenvalue weighted by Gasteiger charge is -2.30. The molecule has 1 saturated heterocycles. The summed E-state index contributed by atoms with van der Waals surface area (Å²) >= 11 is 0. The van der Waals surface area contributed by atoms with E-state index < -0.39 is 6.10 Å². The molecule has 0 bridgehead atoms. The van der Waals surface area contributed by atoms with Gasteiger partial charge in [-0.25, -0.2) is 0 Å². The van der Waals surface area contributed by atoms with E-state index in [2.05, 4.69) is 5.32 Å². The number of piperidine rings is 1. The summed E-state index contributed by atoms with van der Waals surface area (Å²) in [5.74, 6) is -0.299. The lowest BCUT2D eigenvalue weighted by atomic mass is 10.1. The predicted molar refractivity (Wildman–Crippen MR) is 75.0 cm³/mol. The molecule has 1 unspecified atom stereocenters. The number of amides is 2. The molecule has 1 heterocycles. The van der Waals surface area contributed by atoms with Crippen molar-refractivity contribution in [1.29, 1.82) is 0 Å². The molecule has 2 amide bonds. The monoisotopic (exact) mass is 276 g/mol. The fourth-order valence-corrected chi connectivity index (χ4v) is 2.31. The Morgan fingerprint density at radius 2 is 2.05 bits per heavy atom. The van der Waals surface area contributed by atoms with Crippen LogP contribution in [0.1, 0.15) is 18.4 Å². The van der Waals surface area contributed by atoms with Gasteiger partial charge in [-0.15, -0.1) is 0 Å². The first-order valence-electron chi connectivity index (χ1n) is 6.91. The number of aliphatic hydroxyl groups is 1. The van der Waals surface area contributed by atoms with E-state index in [1.807, 2.05) is 30.3 Å². The molecular formula is C15H20N2O3. The molecule has 1 fully saturated rings. The lowest BCUT2D eigenvalue weighted by molar-refractivity contribution is -0.135. The quantitative estimate of drug-likeness (QED) is 0.832. The van der Waals surface area contributed by atoms with Gasteiger partial charge in [-0.3, -0.25) is 9.59 Å². The van der Waals surface area contributed by atoms with Gasteiger partial charge in [0.2, 0.25) is 11.8 Å². The third-order valence-electron chi connectivity index (χ3n) is 3.39. The number of nitrogens with zero attached hydrogens (tertiary/aromatic N) is 1. The minimum Gasteiger partial charge on any atom is -0.391 e. The van der Waals surface area contributed by atoms with Gasteiger partial charge < -0.3 is 15.3 Å². The number of carbonyl (C=O) groups excluding carboxylic acids is 2. The number of hydrogen-bond donors (Lipinski definition) is 2. The molecule has 20 heavy (non-hydrogen) atoms. The van der Waals surface area contributed by atoms with Crippen LogP contribution in [0.5, 0.6) is 0 Å². The summed E-state index contributed by atoms with van der Waals surface area (Å²) in [6.45, 7) is 1.02. The van der Waals surface area contributed by atoms with Crippen LogP contribution in [0.2, 0.25) is 0 Å². The summed E-state index contributed by atoms with van der Waals surface area (Å²) in [6.07, 6.45) is 1.39. The third kappa shape index (κ3) is 4.35. The molecule has 108 valence electrons. The summed E-state index contributed by atoms with van der Waals surface area (Å²) in [4.78, 5) is 25.2. The van der Waals surface area contributed by atoms with Crippen molar-refractivity contribution in [3.8, 4) is 0 Å². The van der Waals surface area contributed by atoms with Crippen LogP contribution < -0.4 is 5.32 Å². The molecule has 1 aromatic carbocycles. The van der Waals surface area contributed by atoms with E-state index in [1.54, 1.807) is 4.90 Å². The Bertz CT molecular complexity index is 461. The van der Waals surface area contributed by atoms with Crippen LogP contribution in [0.3, 0.4) is 0 Å². The van der Waals surface area contributed by atoms with E-state index in [4.69, 9.17) is 0 Å². The van der Waals surface area contributed by atoms with Crippen molar-refractivity contribution in [3.05, 3.63) is 35.9 Å². The topological polar surface area (TPSA) is 69.6 Å². The molecule has 1 aliphatic heterocycles. The summed E-state index contributed by atoms with van der Waals surface area (Å²) < 4.78 is 0. The smallest absolute Gasteiger partial charge is 0.242 e. The molecule has 0 spiro atoms. The summed E-state index contributed by atoms with van der Waals surface area (Å²) in [5.41, 5.74) is 0.922. The Balaban J connectivity index is 1.74. The lowest BCUT2D eigenvalue weighted by Crippen LogP contribution is -2.46. The van der Waals surface area contributed by atoms with Crippen LogP contribution in [0, 0.1) is 0 Å². The van der Waals surface area contributed by atoms with Crippen LogP contribution in [0.15, 0.2) is 30.3 Å². The van der Waals surface area contributed by atoms with Crippen LogP contribution in [0.25, 0.3) is 0 Å². The van der Waals surface area contributed by atoms with E-state index in [0.29, 0.717) is 13.1 Å². The fraction of sp³-hybridized carbons (Fsp3) is 0.467. The van der Waals surface area contributed by atoms with Gasteiger partial charge in [0, 0.05) is 13.1 Å². The van der Waals surface area contributed by atoms with Crippen molar-refractivity contribution in [3.63, 3.8) is 0 Å². The largest absolute Gasteiger partial charge is 0.391 e. The zero-order chi connectivity index (χ0) is 14.4. The second kappa shape index (κ2) is 7.05. The number of carbonyl (C=O) groups is 2. The summed E-state index contributed by atoms with van der Waals surface area (Å²) in [7, 11) is 0. The van der Waals surface area contributed by atoms with Crippen LogP contribution in [-0.2, 0) is 16.0 Å². The number of benzene rings is 1. The van der Waals surface area contributed by atoms with Gasteiger partial charge in [0.25, 0.3) is 0 Å². The maximum absolute atomic E-state index is 11.9. The van der Waals surface area contributed by atoms with E-state index in [0.717, 1.165) is 18.4 Å². The molecule has 1 atom stereocenters. The summed E-state index contributed by atoms with van der Waals surface area (Å²) in [5, 5.41) is 12.2. The highest BCUT2D eigenvalue weighted by atomic mass is 16.3. The van der Waals surface area contributed by atoms with E-state index in [1.165, 1.54) is 0 Å². The fourth-order valence-electron chi connectivity index (χ4n) is 2.31. The Kier molecular flexibility index (Phi) is 5.12. The average Bonchev–Trinajstić information content (AvgIpc) is 2.46. The number of rotatable bonds is 4.